The first-order valence-corrected chi connectivity index (χ1v) is 10.2. The molecule has 0 fully saturated rings. The highest BCUT2D eigenvalue weighted by Gasteiger charge is 2.23. The van der Waals surface area contributed by atoms with E-state index in [0.717, 1.165) is 30.5 Å². The van der Waals surface area contributed by atoms with E-state index < -0.39 is 0 Å². The van der Waals surface area contributed by atoms with Gasteiger partial charge in [0.15, 0.2) is 5.78 Å². The Kier molecular flexibility index (Phi) is 5.13. The molecule has 0 bridgehead atoms. The molecule has 1 aliphatic carbocycles. The van der Waals surface area contributed by atoms with E-state index in [4.69, 9.17) is 0 Å². The second-order valence-corrected chi connectivity index (χ2v) is 7.76. The minimum Gasteiger partial charge on any atom is -0.295 e. The number of aromatic nitrogens is 2. The highest BCUT2D eigenvalue weighted by Crippen LogP contribution is 2.32. The van der Waals surface area contributed by atoms with Gasteiger partial charge in [0.1, 0.15) is 10.8 Å². The minimum absolute atomic E-state index is 0.0448. The van der Waals surface area contributed by atoms with Crippen LogP contribution in [-0.4, -0.2) is 15.3 Å². The Bertz CT molecular complexity index is 1120. The first-order valence-electron chi connectivity index (χ1n) is 9.17. The van der Waals surface area contributed by atoms with E-state index in [9.17, 15) is 14.0 Å². The van der Waals surface area contributed by atoms with E-state index in [1.54, 1.807) is 41.0 Å². The Morgan fingerprint density at radius 2 is 2.00 bits per heavy atom. The molecule has 3 aromatic rings. The van der Waals surface area contributed by atoms with Crippen LogP contribution in [0.25, 0.3) is 5.69 Å². The molecule has 0 saturated carbocycles. The Morgan fingerprint density at radius 3 is 2.79 bits per heavy atom. The molecule has 2 aromatic carbocycles. The van der Waals surface area contributed by atoms with Gasteiger partial charge < -0.3 is 0 Å². The summed E-state index contributed by atoms with van der Waals surface area (Å²) in [5.74, 6) is 0.132. The Balaban J connectivity index is 1.73. The summed E-state index contributed by atoms with van der Waals surface area (Å²) in [7, 11) is 0. The number of fused-ring (bicyclic) bond motifs is 1. The lowest BCUT2D eigenvalue weighted by Gasteiger charge is -2.15. The van der Waals surface area contributed by atoms with Gasteiger partial charge in [-0.15, -0.1) is 11.8 Å². The SMILES string of the molecule is CC(=O)c1cccc(-n2c3c(c(SCc4ccccc4F)nc2=O)CCC3)c1. The summed E-state index contributed by atoms with van der Waals surface area (Å²) in [4.78, 5) is 28.9. The van der Waals surface area contributed by atoms with E-state index in [1.807, 2.05) is 6.07 Å². The van der Waals surface area contributed by atoms with Crippen LogP contribution >= 0.6 is 11.8 Å². The van der Waals surface area contributed by atoms with E-state index in [2.05, 4.69) is 4.98 Å². The van der Waals surface area contributed by atoms with Gasteiger partial charge in [0.05, 0.1) is 5.69 Å². The Hall–Kier alpha value is -2.73. The van der Waals surface area contributed by atoms with E-state index in [0.29, 0.717) is 27.6 Å². The van der Waals surface area contributed by atoms with Crippen molar-refractivity contribution in [2.75, 3.05) is 0 Å². The maximum Gasteiger partial charge on any atom is 0.353 e. The largest absolute Gasteiger partial charge is 0.353 e. The van der Waals surface area contributed by atoms with Crippen LogP contribution in [0.4, 0.5) is 4.39 Å². The van der Waals surface area contributed by atoms with Crippen molar-refractivity contribution in [1.82, 2.24) is 9.55 Å². The van der Waals surface area contributed by atoms with Crippen molar-refractivity contribution in [2.45, 2.75) is 37.0 Å². The van der Waals surface area contributed by atoms with Gasteiger partial charge in [-0.3, -0.25) is 9.36 Å². The van der Waals surface area contributed by atoms with Crippen LogP contribution in [0, 0.1) is 5.82 Å². The van der Waals surface area contributed by atoms with Crippen molar-refractivity contribution in [3.63, 3.8) is 0 Å². The quantitative estimate of drug-likeness (QED) is 0.367. The van der Waals surface area contributed by atoms with Crippen LogP contribution in [0.2, 0.25) is 0 Å². The molecular weight excluding hydrogens is 375 g/mol. The fourth-order valence-electron chi connectivity index (χ4n) is 3.54. The summed E-state index contributed by atoms with van der Waals surface area (Å²) in [6.45, 7) is 1.51. The number of hydrogen-bond donors (Lipinski definition) is 0. The summed E-state index contributed by atoms with van der Waals surface area (Å²) in [6, 6.07) is 13.7. The molecule has 0 unspecified atom stereocenters. The number of Topliss-reactive ketones (excluding diaryl/α,β-unsaturated/α-hetero) is 1. The average Bonchev–Trinajstić information content (AvgIpc) is 3.17. The van der Waals surface area contributed by atoms with Gasteiger partial charge in [0.25, 0.3) is 0 Å². The van der Waals surface area contributed by atoms with Gasteiger partial charge in [-0.05, 0) is 49.9 Å². The molecule has 6 heteroatoms. The fourth-order valence-corrected chi connectivity index (χ4v) is 4.60. The molecule has 0 saturated heterocycles. The zero-order chi connectivity index (χ0) is 19.7. The number of carbonyl (C=O) groups excluding carboxylic acids is 1. The normalized spacial score (nSPS) is 12.8. The lowest BCUT2D eigenvalue weighted by molar-refractivity contribution is 0.101. The molecule has 142 valence electrons. The predicted molar refractivity (Wildman–Crippen MR) is 108 cm³/mol. The van der Waals surface area contributed by atoms with Gasteiger partial charge in [-0.2, -0.15) is 4.98 Å². The predicted octanol–water partition coefficient (Wildman–Crippen LogP) is 4.36. The summed E-state index contributed by atoms with van der Waals surface area (Å²) < 4.78 is 15.5. The van der Waals surface area contributed by atoms with Gasteiger partial charge in [0, 0.05) is 22.6 Å². The highest BCUT2D eigenvalue weighted by atomic mass is 32.2. The maximum atomic E-state index is 13.9. The summed E-state index contributed by atoms with van der Waals surface area (Å²) >= 11 is 1.40. The smallest absolute Gasteiger partial charge is 0.295 e. The number of hydrogen-bond acceptors (Lipinski definition) is 4. The van der Waals surface area contributed by atoms with Gasteiger partial charge in [0.2, 0.25) is 0 Å². The van der Waals surface area contributed by atoms with Crippen molar-refractivity contribution < 1.29 is 9.18 Å². The summed E-state index contributed by atoms with van der Waals surface area (Å²) in [6.07, 6.45) is 2.57. The second kappa shape index (κ2) is 7.72. The molecule has 0 amide bonds. The zero-order valence-corrected chi connectivity index (χ0v) is 16.3. The van der Waals surface area contributed by atoms with E-state index >= 15 is 0 Å². The number of benzene rings is 2. The van der Waals surface area contributed by atoms with Gasteiger partial charge >= 0.3 is 5.69 Å². The summed E-state index contributed by atoms with van der Waals surface area (Å²) in [5.41, 5.74) is 3.45. The first-order chi connectivity index (χ1) is 13.5. The molecule has 0 atom stereocenters. The molecule has 28 heavy (non-hydrogen) atoms. The second-order valence-electron chi connectivity index (χ2n) is 6.80. The molecule has 0 N–H and O–H groups in total. The maximum absolute atomic E-state index is 13.9. The van der Waals surface area contributed by atoms with Crippen molar-refractivity contribution in [3.8, 4) is 5.69 Å². The lowest BCUT2D eigenvalue weighted by Crippen LogP contribution is -2.26. The van der Waals surface area contributed by atoms with Crippen LogP contribution < -0.4 is 5.69 Å². The van der Waals surface area contributed by atoms with E-state index in [-0.39, 0.29) is 17.3 Å². The Labute approximate surface area is 166 Å². The molecule has 0 spiro atoms. The van der Waals surface area contributed by atoms with Crippen LogP contribution in [0.5, 0.6) is 0 Å². The van der Waals surface area contributed by atoms with Crippen LogP contribution in [0.1, 0.15) is 40.5 Å². The van der Waals surface area contributed by atoms with Gasteiger partial charge in [-0.1, -0.05) is 30.3 Å². The van der Waals surface area contributed by atoms with Crippen molar-refractivity contribution in [1.29, 1.82) is 0 Å². The van der Waals surface area contributed by atoms with Crippen molar-refractivity contribution in [3.05, 3.63) is 87.2 Å². The number of halogens is 1. The van der Waals surface area contributed by atoms with Crippen LogP contribution in [0.3, 0.4) is 0 Å². The third kappa shape index (κ3) is 3.52. The summed E-state index contributed by atoms with van der Waals surface area (Å²) in [5, 5.41) is 0.680. The number of rotatable bonds is 5. The molecule has 4 rings (SSSR count). The molecule has 1 aromatic heterocycles. The average molecular weight is 394 g/mol. The van der Waals surface area contributed by atoms with Crippen LogP contribution in [0.15, 0.2) is 58.4 Å². The van der Waals surface area contributed by atoms with Crippen molar-refractivity contribution in [2.24, 2.45) is 0 Å². The molecule has 1 aliphatic rings. The topological polar surface area (TPSA) is 52.0 Å². The number of ketones is 1. The number of thioether (sulfide) groups is 1. The first kappa shape index (κ1) is 18.6. The van der Waals surface area contributed by atoms with Gasteiger partial charge in [-0.25, -0.2) is 9.18 Å². The zero-order valence-electron chi connectivity index (χ0n) is 15.4. The third-order valence-corrected chi connectivity index (χ3v) is 6.00. The Morgan fingerprint density at radius 1 is 1.18 bits per heavy atom. The fraction of sp³-hybridized carbons (Fsp3) is 0.227. The third-order valence-electron chi connectivity index (χ3n) is 4.94. The molecule has 0 aliphatic heterocycles. The number of carbonyl (C=O) groups is 1. The molecule has 1 heterocycles. The number of nitrogens with zero attached hydrogens (tertiary/aromatic N) is 2. The molecular formula is C22H19FN2O2S. The lowest BCUT2D eigenvalue weighted by atomic mass is 10.1. The highest BCUT2D eigenvalue weighted by molar-refractivity contribution is 7.98. The van der Waals surface area contributed by atoms with E-state index in [1.165, 1.54) is 24.8 Å². The van der Waals surface area contributed by atoms with Crippen molar-refractivity contribution >= 4 is 17.5 Å². The molecule has 4 nitrogen and oxygen atoms in total. The standard InChI is InChI=1S/C22H19FN2O2S/c1-14(26)15-7-4-8-17(12-15)25-20-11-5-9-18(20)21(24-22(25)27)28-13-16-6-2-3-10-19(16)23/h2-4,6-8,10,12H,5,9,11,13H2,1H3. The molecule has 0 radical (unpaired) electrons. The monoisotopic (exact) mass is 394 g/mol. The van der Waals surface area contributed by atoms with Crippen LogP contribution in [-0.2, 0) is 18.6 Å². The minimum atomic E-state index is -0.364.